The SMILES string of the molecule is CCCNc1nc(Sc2nnc(N(C)C)s2)c(F)cc1F. The first kappa shape index (κ1) is 15.9. The van der Waals surface area contributed by atoms with Gasteiger partial charge in [-0.05, 0) is 18.2 Å². The van der Waals surface area contributed by atoms with Gasteiger partial charge in [0.25, 0.3) is 0 Å². The molecule has 0 radical (unpaired) electrons. The molecule has 0 bridgehead atoms. The molecule has 0 aliphatic rings. The normalized spacial score (nSPS) is 10.7. The van der Waals surface area contributed by atoms with Crippen LogP contribution in [0.2, 0.25) is 0 Å². The van der Waals surface area contributed by atoms with E-state index < -0.39 is 11.6 Å². The van der Waals surface area contributed by atoms with Gasteiger partial charge in [0.05, 0.1) is 0 Å². The fourth-order valence-corrected chi connectivity index (χ4v) is 3.07. The Labute approximate surface area is 129 Å². The average molecular weight is 331 g/mol. The Bertz CT molecular complexity index is 618. The minimum absolute atomic E-state index is 0.0538. The summed E-state index contributed by atoms with van der Waals surface area (Å²) in [6, 6.07) is 0.835. The monoisotopic (exact) mass is 331 g/mol. The lowest BCUT2D eigenvalue weighted by Gasteiger charge is -2.07. The molecule has 0 aliphatic carbocycles. The zero-order valence-corrected chi connectivity index (χ0v) is 13.5. The number of hydrogen-bond acceptors (Lipinski definition) is 7. The number of pyridine rings is 1. The van der Waals surface area contributed by atoms with Gasteiger partial charge in [-0.15, -0.1) is 10.2 Å². The molecular weight excluding hydrogens is 316 g/mol. The summed E-state index contributed by atoms with van der Waals surface area (Å²) in [5.74, 6) is -1.35. The summed E-state index contributed by atoms with van der Waals surface area (Å²) in [4.78, 5) is 5.80. The van der Waals surface area contributed by atoms with Crippen molar-refractivity contribution < 1.29 is 8.78 Å². The van der Waals surface area contributed by atoms with E-state index in [9.17, 15) is 8.78 Å². The number of hydrogen-bond donors (Lipinski definition) is 1. The van der Waals surface area contributed by atoms with Crippen LogP contribution in [0.5, 0.6) is 0 Å². The summed E-state index contributed by atoms with van der Waals surface area (Å²) < 4.78 is 27.9. The Kier molecular flexibility index (Phi) is 5.29. The van der Waals surface area contributed by atoms with E-state index in [0.717, 1.165) is 24.2 Å². The minimum Gasteiger partial charge on any atom is -0.368 e. The number of nitrogens with one attached hydrogen (secondary N) is 1. The van der Waals surface area contributed by atoms with Crippen LogP contribution < -0.4 is 10.2 Å². The van der Waals surface area contributed by atoms with E-state index >= 15 is 0 Å². The topological polar surface area (TPSA) is 53.9 Å². The zero-order chi connectivity index (χ0) is 15.4. The van der Waals surface area contributed by atoms with Crippen molar-refractivity contribution in [2.24, 2.45) is 0 Å². The lowest BCUT2D eigenvalue weighted by Crippen LogP contribution is -2.07. The highest BCUT2D eigenvalue weighted by Crippen LogP contribution is 2.34. The summed E-state index contributed by atoms with van der Waals surface area (Å²) >= 11 is 2.35. The van der Waals surface area contributed by atoms with Crippen molar-refractivity contribution in [3.63, 3.8) is 0 Å². The second-order valence-electron chi connectivity index (χ2n) is 4.38. The molecule has 0 aliphatic heterocycles. The second kappa shape index (κ2) is 6.99. The van der Waals surface area contributed by atoms with Gasteiger partial charge in [0.2, 0.25) is 5.13 Å². The maximum absolute atomic E-state index is 13.8. The highest BCUT2D eigenvalue weighted by molar-refractivity contribution is 8.01. The number of nitrogens with zero attached hydrogens (tertiary/aromatic N) is 4. The summed E-state index contributed by atoms with van der Waals surface area (Å²) in [6.07, 6.45) is 0.823. The highest BCUT2D eigenvalue weighted by atomic mass is 32.2. The quantitative estimate of drug-likeness (QED) is 0.877. The average Bonchev–Trinajstić information content (AvgIpc) is 2.89. The van der Waals surface area contributed by atoms with Gasteiger partial charge in [-0.1, -0.05) is 18.3 Å². The van der Waals surface area contributed by atoms with Gasteiger partial charge in [-0.2, -0.15) is 0 Å². The van der Waals surface area contributed by atoms with Crippen LogP contribution in [-0.2, 0) is 0 Å². The molecule has 0 saturated carbocycles. The molecule has 0 atom stereocenters. The largest absolute Gasteiger partial charge is 0.368 e. The Balaban J connectivity index is 2.21. The minimum atomic E-state index is -0.707. The van der Waals surface area contributed by atoms with E-state index in [0.29, 0.717) is 16.0 Å². The Hall–Kier alpha value is -1.48. The molecule has 2 aromatic rings. The van der Waals surface area contributed by atoms with Crippen LogP contribution in [0, 0.1) is 11.6 Å². The van der Waals surface area contributed by atoms with Gasteiger partial charge in [-0.25, -0.2) is 13.8 Å². The molecule has 0 amide bonds. The van der Waals surface area contributed by atoms with Crippen molar-refractivity contribution in [3.05, 3.63) is 17.7 Å². The summed E-state index contributed by atoms with van der Waals surface area (Å²) in [5, 5.41) is 11.5. The van der Waals surface area contributed by atoms with Crippen LogP contribution in [0.15, 0.2) is 15.4 Å². The van der Waals surface area contributed by atoms with E-state index in [1.54, 1.807) is 0 Å². The smallest absolute Gasteiger partial charge is 0.208 e. The predicted octanol–water partition coefficient (Wildman–Crippen LogP) is 3.25. The van der Waals surface area contributed by atoms with E-state index in [4.69, 9.17) is 0 Å². The van der Waals surface area contributed by atoms with Crippen LogP contribution in [-0.4, -0.2) is 35.8 Å². The fourth-order valence-electron chi connectivity index (χ4n) is 1.40. The standard InChI is InChI=1S/C12H15F2N5S2/c1-4-5-15-9-7(13)6-8(14)10(16-9)20-12-18-17-11(21-12)19(2)3/h6H,4-5H2,1-3H3,(H,15,16). The van der Waals surface area contributed by atoms with E-state index in [2.05, 4.69) is 20.5 Å². The van der Waals surface area contributed by atoms with Gasteiger partial charge < -0.3 is 10.2 Å². The molecule has 2 rings (SSSR count). The van der Waals surface area contributed by atoms with E-state index in [1.807, 2.05) is 25.9 Å². The first-order valence-electron chi connectivity index (χ1n) is 6.29. The molecule has 0 unspecified atom stereocenters. The molecule has 2 aromatic heterocycles. The Morgan fingerprint density at radius 3 is 2.67 bits per heavy atom. The number of halogens is 2. The Morgan fingerprint density at radius 2 is 2.05 bits per heavy atom. The van der Waals surface area contributed by atoms with Gasteiger partial charge in [0, 0.05) is 26.7 Å². The third-order valence-corrected chi connectivity index (χ3v) is 4.52. The van der Waals surface area contributed by atoms with Gasteiger partial charge in [-0.3, -0.25) is 0 Å². The van der Waals surface area contributed by atoms with Crippen molar-refractivity contribution in [2.75, 3.05) is 30.9 Å². The molecule has 5 nitrogen and oxygen atoms in total. The highest BCUT2D eigenvalue weighted by Gasteiger charge is 2.15. The van der Waals surface area contributed by atoms with Crippen molar-refractivity contribution in [3.8, 4) is 0 Å². The summed E-state index contributed by atoms with van der Waals surface area (Å²) in [5.41, 5.74) is 0. The molecule has 21 heavy (non-hydrogen) atoms. The van der Waals surface area contributed by atoms with Gasteiger partial charge >= 0.3 is 0 Å². The lowest BCUT2D eigenvalue weighted by atomic mass is 10.4. The van der Waals surface area contributed by atoms with Crippen LogP contribution in [0.3, 0.4) is 0 Å². The maximum atomic E-state index is 13.8. The van der Waals surface area contributed by atoms with Crippen molar-refractivity contribution >= 4 is 34.0 Å². The molecule has 0 aromatic carbocycles. The number of anilines is 2. The number of aromatic nitrogens is 3. The predicted molar refractivity (Wildman–Crippen MR) is 81.3 cm³/mol. The van der Waals surface area contributed by atoms with E-state index in [1.165, 1.54) is 11.3 Å². The fraction of sp³-hybridized carbons (Fsp3) is 0.417. The van der Waals surface area contributed by atoms with Crippen molar-refractivity contribution in [1.29, 1.82) is 0 Å². The van der Waals surface area contributed by atoms with Crippen LogP contribution >= 0.6 is 23.1 Å². The van der Waals surface area contributed by atoms with Crippen molar-refractivity contribution in [2.45, 2.75) is 22.7 Å². The third kappa shape index (κ3) is 4.01. The zero-order valence-electron chi connectivity index (χ0n) is 11.9. The second-order valence-corrected chi connectivity index (χ2v) is 6.57. The van der Waals surface area contributed by atoms with E-state index in [-0.39, 0.29) is 10.8 Å². The van der Waals surface area contributed by atoms with Crippen LogP contribution in [0.25, 0.3) is 0 Å². The van der Waals surface area contributed by atoms with Gasteiger partial charge in [0.15, 0.2) is 21.8 Å². The van der Waals surface area contributed by atoms with Gasteiger partial charge in [0.1, 0.15) is 5.03 Å². The lowest BCUT2D eigenvalue weighted by molar-refractivity contribution is 0.551. The first-order valence-corrected chi connectivity index (χ1v) is 7.93. The molecule has 0 saturated heterocycles. The number of rotatable bonds is 6. The molecule has 9 heteroatoms. The molecule has 2 heterocycles. The molecule has 0 fully saturated rings. The van der Waals surface area contributed by atoms with Crippen LogP contribution in [0.4, 0.5) is 19.7 Å². The summed E-state index contributed by atoms with van der Waals surface area (Å²) in [6.45, 7) is 2.53. The summed E-state index contributed by atoms with van der Waals surface area (Å²) in [7, 11) is 3.69. The Morgan fingerprint density at radius 1 is 1.29 bits per heavy atom. The van der Waals surface area contributed by atoms with Crippen LogP contribution in [0.1, 0.15) is 13.3 Å². The first-order chi connectivity index (χ1) is 10.0. The third-order valence-electron chi connectivity index (χ3n) is 2.40. The molecule has 114 valence electrons. The molecule has 0 spiro atoms. The maximum Gasteiger partial charge on any atom is 0.208 e. The van der Waals surface area contributed by atoms with Crippen molar-refractivity contribution in [1.82, 2.24) is 15.2 Å². The molecular formula is C12H15F2N5S2. The molecule has 1 N–H and O–H groups in total.